The van der Waals surface area contributed by atoms with E-state index in [4.69, 9.17) is 23.1 Å². The van der Waals surface area contributed by atoms with Crippen LogP contribution in [0.3, 0.4) is 0 Å². The molecule has 5 N–H and O–H groups in total. The van der Waals surface area contributed by atoms with E-state index in [0.29, 0.717) is 6.54 Å². The number of nitrogens with one attached hydrogen (secondary N) is 1. The second-order valence-electron chi connectivity index (χ2n) is 5.51. The number of nitrogens with two attached hydrogens (primary N) is 2. The second kappa shape index (κ2) is 6.50. The molecule has 20 heavy (non-hydrogen) atoms. The van der Waals surface area contributed by atoms with Gasteiger partial charge in [0.25, 0.3) is 0 Å². The van der Waals surface area contributed by atoms with Crippen molar-refractivity contribution < 1.29 is 4.39 Å². The molecule has 0 aromatic heterocycles. The van der Waals surface area contributed by atoms with Crippen LogP contribution in [0.2, 0.25) is 5.02 Å². The van der Waals surface area contributed by atoms with Crippen LogP contribution in [0.5, 0.6) is 0 Å². The predicted octanol–water partition coefficient (Wildman–Crippen LogP) is 2.79. The molecule has 1 aliphatic heterocycles. The van der Waals surface area contributed by atoms with E-state index in [1.54, 1.807) is 0 Å². The number of halogens is 2. The number of rotatable bonds is 4. The van der Waals surface area contributed by atoms with Gasteiger partial charge in [-0.05, 0) is 37.9 Å². The highest BCUT2D eigenvalue weighted by atomic mass is 35.5. The number of anilines is 3. The smallest absolute Gasteiger partial charge is 0.169 e. The van der Waals surface area contributed by atoms with Crippen LogP contribution >= 0.6 is 11.6 Å². The highest BCUT2D eigenvalue weighted by molar-refractivity contribution is 6.33. The van der Waals surface area contributed by atoms with Crippen LogP contribution in [0.15, 0.2) is 6.07 Å². The van der Waals surface area contributed by atoms with Crippen LogP contribution in [-0.2, 0) is 0 Å². The Morgan fingerprint density at radius 1 is 1.35 bits per heavy atom. The number of nitrogen functional groups attached to an aromatic ring is 2. The van der Waals surface area contributed by atoms with Gasteiger partial charge in [-0.25, -0.2) is 4.39 Å². The molecule has 0 aliphatic carbocycles. The molecule has 1 heterocycles. The minimum absolute atomic E-state index is 0.0755. The molecule has 1 aromatic rings. The largest absolute Gasteiger partial charge is 0.397 e. The van der Waals surface area contributed by atoms with Crippen LogP contribution in [0.4, 0.5) is 21.5 Å². The molecular weight excluding hydrogens is 279 g/mol. The van der Waals surface area contributed by atoms with E-state index in [0.717, 1.165) is 25.6 Å². The molecule has 0 spiro atoms. The van der Waals surface area contributed by atoms with Crippen molar-refractivity contribution in [3.8, 4) is 0 Å². The zero-order valence-electron chi connectivity index (χ0n) is 11.8. The van der Waals surface area contributed by atoms with Gasteiger partial charge in [0.1, 0.15) is 5.02 Å². The SMILES string of the molecule is CC1CCN(CCNc2c(N)cc(N)c(Cl)c2F)CC1. The number of piperidine rings is 1. The van der Waals surface area contributed by atoms with Gasteiger partial charge in [-0.15, -0.1) is 0 Å². The first kappa shape index (κ1) is 15.2. The lowest BCUT2D eigenvalue weighted by Crippen LogP contribution is -2.36. The highest BCUT2D eigenvalue weighted by Gasteiger charge is 2.17. The van der Waals surface area contributed by atoms with Crippen LogP contribution in [0.25, 0.3) is 0 Å². The van der Waals surface area contributed by atoms with Crippen molar-refractivity contribution in [2.45, 2.75) is 19.8 Å². The molecule has 0 radical (unpaired) electrons. The molecule has 1 saturated heterocycles. The van der Waals surface area contributed by atoms with Gasteiger partial charge in [0.15, 0.2) is 5.82 Å². The molecular formula is C14H22ClFN4. The van der Waals surface area contributed by atoms with E-state index >= 15 is 0 Å². The first-order valence-electron chi connectivity index (χ1n) is 6.98. The van der Waals surface area contributed by atoms with Crippen LogP contribution < -0.4 is 16.8 Å². The third-order valence-corrected chi connectivity index (χ3v) is 4.26. The summed E-state index contributed by atoms with van der Waals surface area (Å²) in [6.07, 6.45) is 2.45. The molecule has 0 saturated carbocycles. The Kier molecular flexibility index (Phi) is 4.94. The van der Waals surface area contributed by atoms with Crippen molar-refractivity contribution in [1.29, 1.82) is 0 Å². The third kappa shape index (κ3) is 3.46. The van der Waals surface area contributed by atoms with Gasteiger partial charge in [-0.2, -0.15) is 0 Å². The molecule has 4 nitrogen and oxygen atoms in total. The van der Waals surface area contributed by atoms with E-state index in [2.05, 4.69) is 17.1 Å². The zero-order chi connectivity index (χ0) is 14.7. The number of likely N-dealkylation sites (tertiary alicyclic amines) is 1. The summed E-state index contributed by atoms with van der Waals surface area (Å²) < 4.78 is 14.0. The van der Waals surface area contributed by atoms with Gasteiger partial charge < -0.3 is 21.7 Å². The molecule has 1 aromatic carbocycles. The van der Waals surface area contributed by atoms with Crippen molar-refractivity contribution in [2.75, 3.05) is 43.0 Å². The standard InChI is InChI=1S/C14H22ClFN4/c1-9-2-5-20(6-3-9)7-4-19-14-11(18)8-10(17)12(15)13(14)16/h8-9,19H,2-7,17-18H2,1H3. The number of nitrogens with zero attached hydrogens (tertiary/aromatic N) is 1. The summed E-state index contributed by atoms with van der Waals surface area (Å²) in [6, 6.07) is 1.48. The predicted molar refractivity (Wildman–Crippen MR) is 83.6 cm³/mol. The summed E-state index contributed by atoms with van der Waals surface area (Å²) in [5.74, 6) is 0.236. The molecule has 0 unspecified atom stereocenters. The Balaban J connectivity index is 1.90. The van der Waals surface area contributed by atoms with Gasteiger partial charge in [-0.3, -0.25) is 0 Å². The van der Waals surface area contributed by atoms with Gasteiger partial charge in [0, 0.05) is 13.1 Å². The van der Waals surface area contributed by atoms with Gasteiger partial charge >= 0.3 is 0 Å². The van der Waals surface area contributed by atoms with Crippen molar-refractivity contribution in [3.05, 3.63) is 16.9 Å². The quantitative estimate of drug-likeness (QED) is 0.748. The average molecular weight is 301 g/mol. The highest BCUT2D eigenvalue weighted by Crippen LogP contribution is 2.33. The summed E-state index contributed by atoms with van der Waals surface area (Å²) in [5, 5.41) is 2.95. The summed E-state index contributed by atoms with van der Waals surface area (Å²) in [4.78, 5) is 2.38. The molecule has 1 fully saturated rings. The molecule has 6 heteroatoms. The lowest BCUT2D eigenvalue weighted by atomic mass is 9.99. The Morgan fingerprint density at radius 2 is 2.00 bits per heavy atom. The molecule has 0 atom stereocenters. The summed E-state index contributed by atoms with van der Waals surface area (Å²) in [7, 11) is 0. The van der Waals surface area contributed by atoms with Crippen molar-refractivity contribution >= 4 is 28.7 Å². The summed E-state index contributed by atoms with van der Waals surface area (Å²) >= 11 is 5.79. The van der Waals surface area contributed by atoms with Gasteiger partial charge in [0.2, 0.25) is 0 Å². The summed E-state index contributed by atoms with van der Waals surface area (Å²) in [5.41, 5.74) is 12.0. The molecule has 0 amide bonds. The topological polar surface area (TPSA) is 67.3 Å². The fourth-order valence-electron chi connectivity index (χ4n) is 2.47. The molecule has 0 bridgehead atoms. The minimum Gasteiger partial charge on any atom is -0.397 e. The van der Waals surface area contributed by atoms with Crippen molar-refractivity contribution in [2.24, 2.45) is 5.92 Å². The summed E-state index contributed by atoms with van der Waals surface area (Å²) in [6.45, 7) is 5.98. The van der Waals surface area contributed by atoms with E-state index in [-0.39, 0.29) is 22.1 Å². The normalized spacial score (nSPS) is 17.4. The number of hydrogen-bond acceptors (Lipinski definition) is 4. The van der Waals surface area contributed by atoms with Crippen LogP contribution in [0, 0.1) is 11.7 Å². The molecule has 1 aliphatic rings. The lowest BCUT2D eigenvalue weighted by Gasteiger charge is -2.30. The first-order valence-corrected chi connectivity index (χ1v) is 7.36. The monoisotopic (exact) mass is 300 g/mol. The van der Waals surface area contributed by atoms with E-state index < -0.39 is 5.82 Å². The molecule has 112 valence electrons. The number of hydrogen-bond donors (Lipinski definition) is 3. The van der Waals surface area contributed by atoms with Gasteiger partial charge in [0.05, 0.1) is 17.1 Å². The Hall–Kier alpha value is -1.20. The Bertz CT molecular complexity index is 473. The lowest BCUT2D eigenvalue weighted by molar-refractivity contribution is 0.199. The molecule has 2 rings (SSSR count). The number of benzene rings is 1. The van der Waals surface area contributed by atoms with E-state index in [1.165, 1.54) is 18.9 Å². The minimum atomic E-state index is -0.573. The maximum Gasteiger partial charge on any atom is 0.169 e. The second-order valence-corrected chi connectivity index (χ2v) is 5.89. The maximum absolute atomic E-state index is 14.0. The van der Waals surface area contributed by atoms with Crippen LogP contribution in [0.1, 0.15) is 19.8 Å². The first-order chi connectivity index (χ1) is 9.49. The fourth-order valence-corrected chi connectivity index (χ4v) is 2.62. The van der Waals surface area contributed by atoms with Crippen molar-refractivity contribution in [3.63, 3.8) is 0 Å². The van der Waals surface area contributed by atoms with E-state index in [1.807, 2.05) is 0 Å². The zero-order valence-corrected chi connectivity index (χ0v) is 12.5. The Labute approximate surface area is 124 Å². The maximum atomic E-state index is 14.0. The van der Waals surface area contributed by atoms with Crippen molar-refractivity contribution in [1.82, 2.24) is 4.90 Å². The Morgan fingerprint density at radius 3 is 2.65 bits per heavy atom. The average Bonchev–Trinajstić information content (AvgIpc) is 2.42. The van der Waals surface area contributed by atoms with E-state index in [9.17, 15) is 4.39 Å². The van der Waals surface area contributed by atoms with Gasteiger partial charge in [-0.1, -0.05) is 18.5 Å². The van der Waals surface area contributed by atoms with Crippen LogP contribution in [-0.4, -0.2) is 31.1 Å². The third-order valence-electron chi connectivity index (χ3n) is 3.87. The fraction of sp³-hybridized carbons (Fsp3) is 0.571.